The van der Waals surface area contributed by atoms with E-state index in [2.05, 4.69) is 10.3 Å². The molecule has 0 saturated heterocycles. The van der Waals surface area contributed by atoms with Crippen LogP contribution in [0.15, 0.2) is 89.9 Å². The number of carbonyl (C=O) groups is 1. The SMILES string of the molecule is O=C(Oc1c(Nc2ccccc2)nc2ccccn2c1=O)c1ccccc1. The summed E-state index contributed by atoms with van der Waals surface area (Å²) in [7, 11) is 0. The summed E-state index contributed by atoms with van der Waals surface area (Å²) in [5, 5.41) is 3.06. The Labute approximate surface area is 154 Å². The zero-order valence-electron chi connectivity index (χ0n) is 14.2. The molecule has 6 heteroatoms. The van der Waals surface area contributed by atoms with Gasteiger partial charge in [-0.15, -0.1) is 0 Å². The van der Waals surface area contributed by atoms with Crippen molar-refractivity contribution in [3.05, 3.63) is 101 Å². The molecule has 132 valence electrons. The quantitative estimate of drug-likeness (QED) is 0.564. The molecule has 4 rings (SSSR count). The van der Waals surface area contributed by atoms with Crippen molar-refractivity contribution in [2.24, 2.45) is 0 Å². The Morgan fingerprint density at radius 3 is 2.30 bits per heavy atom. The second kappa shape index (κ2) is 7.13. The van der Waals surface area contributed by atoms with Gasteiger partial charge in [-0.05, 0) is 36.4 Å². The summed E-state index contributed by atoms with van der Waals surface area (Å²) in [6.45, 7) is 0. The van der Waals surface area contributed by atoms with E-state index in [1.807, 2.05) is 30.3 Å². The highest BCUT2D eigenvalue weighted by molar-refractivity contribution is 5.91. The Kier molecular flexibility index (Phi) is 4.37. The zero-order chi connectivity index (χ0) is 18.6. The molecule has 2 heterocycles. The van der Waals surface area contributed by atoms with Gasteiger partial charge in [0.15, 0.2) is 5.82 Å². The molecule has 2 aromatic carbocycles. The first-order chi connectivity index (χ1) is 13.2. The molecule has 6 nitrogen and oxygen atoms in total. The van der Waals surface area contributed by atoms with Crippen molar-refractivity contribution in [1.82, 2.24) is 9.38 Å². The fraction of sp³-hybridized carbons (Fsp3) is 0. The van der Waals surface area contributed by atoms with Crippen molar-refractivity contribution in [1.29, 1.82) is 0 Å². The molecule has 27 heavy (non-hydrogen) atoms. The molecule has 2 aromatic heterocycles. The second-order valence-electron chi connectivity index (χ2n) is 5.77. The number of fused-ring (bicyclic) bond motifs is 1. The summed E-state index contributed by atoms with van der Waals surface area (Å²) in [5.41, 5.74) is 1.05. The number of esters is 1. The lowest BCUT2D eigenvalue weighted by molar-refractivity contribution is 0.0732. The minimum atomic E-state index is -0.624. The van der Waals surface area contributed by atoms with Crippen LogP contribution in [0.1, 0.15) is 10.4 Å². The molecule has 0 spiro atoms. The van der Waals surface area contributed by atoms with E-state index in [4.69, 9.17) is 4.74 Å². The summed E-state index contributed by atoms with van der Waals surface area (Å²) in [6, 6.07) is 22.9. The predicted octanol–water partition coefficient (Wildman–Crippen LogP) is 3.66. The molecule has 0 aliphatic rings. The van der Waals surface area contributed by atoms with Gasteiger partial charge in [0.05, 0.1) is 5.56 Å². The van der Waals surface area contributed by atoms with Gasteiger partial charge in [-0.3, -0.25) is 9.20 Å². The number of benzene rings is 2. The zero-order valence-corrected chi connectivity index (χ0v) is 14.2. The van der Waals surface area contributed by atoms with E-state index < -0.39 is 11.5 Å². The Hall–Kier alpha value is -3.93. The number of nitrogens with zero attached hydrogens (tertiary/aromatic N) is 2. The second-order valence-corrected chi connectivity index (χ2v) is 5.77. The lowest BCUT2D eigenvalue weighted by Crippen LogP contribution is -2.22. The minimum absolute atomic E-state index is 0.156. The summed E-state index contributed by atoms with van der Waals surface area (Å²) in [6.07, 6.45) is 1.58. The van der Waals surface area contributed by atoms with Gasteiger partial charge in [0.1, 0.15) is 5.65 Å². The van der Waals surface area contributed by atoms with Crippen LogP contribution in [0.4, 0.5) is 11.5 Å². The predicted molar refractivity (Wildman–Crippen MR) is 103 cm³/mol. The summed E-state index contributed by atoms with van der Waals surface area (Å²) >= 11 is 0. The largest absolute Gasteiger partial charge is 0.413 e. The van der Waals surface area contributed by atoms with Crippen molar-refractivity contribution in [3.63, 3.8) is 0 Å². The van der Waals surface area contributed by atoms with Gasteiger partial charge < -0.3 is 10.1 Å². The normalized spacial score (nSPS) is 10.5. The first kappa shape index (κ1) is 16.5. The summed E-state index contributed by atoms with van der Waals surface area (Å²) < 4.78 is 6.78. The molecule has 0 saturated carbocycles. The van der Waals surface area contributed by atoms with Crippen LogP contribution in [0.3, 0.4) is 0 Å². The van der Waals surface area contributed by atoms with Crippen LogP contribution in [0, 0.1) is 0 Å². The third-order valence-corrected chi connectivity index (χ3v) is 3.93. The van der Waals surface area contributed by atoms with Crippen molar-refractivity contribution >= 4 is 23.1 Å². The molecule has 4 aromatic rings. The Morgan fingerprint density at radius 2 is 1.56 bits per heavy atom. The third kappa shape index (κ3) is 3.41. The molecule has 0 amide bonds. The maximum absolute atomic E-state index is 12.9. The standard InChI is InChI=1S/C21H15N3O3/c25-20-18(27-21(26)15-9-3-1-4-10-15)19(22-16-11-5-2-6-12-16)23-17-13-7-8-14-24(17)20/h1-14,22H. The molecule has 0 radical (unpaired) electrons. The number of aromatic nitrogens is 2. The number of nitrogens with one attached hydrogen (secondary N) is 1. The first-order valence-corrected chi connectivity index (χ1v) is 8.33. The topological polar surface area (TPSA) is 72.7 Å². The number of carbonyl (C=O) groups excluding carboxylic acids is 1. The first-order valence-electron chi connectivity index (χ1n) is 8.33. The number of para-hydroxylation sites is 1. The van der Waals surface area contributed by atoms with Crippen LogP contribution in [0.2, 0.25) is 0 Å². The van der Waals surface area contributed by atoms with Gasteiger partial charge in [-0.1, -0.05) is 42.5 Å². The van der Waals surface area contributed by atoms with E-state index in [0.717, 1.165) is 5.69 Å². The lowest BCUT2D eigenvalue weighted by Gasteiger charge is -2.12. The molecule has 1 N–H and O–H groups in total. The lowest BCUT2D eigenvalue weighted by atomic mass is 10.2. The molecule has 0 fully saturated rings. The third-order valence-electron chi connectivity index (χ3n) is 3.93. The molecular weight excluding hydrogens is 342 g/mol. The van der Waals surface area contributed by atoms with E-state index in [9.17, 15) is 9.59 Å². The number of rotatable bonds is 4. The van der Waals surface area contributed by atoms with Crippen LogP contribution in [0.5, 0.6) is 5.75 Å². The van der Waals surface area contributed by atoms with Gasteiger partial charge in [0.25, 0.3) is 0 Å². The van der Waals surface area contributed by atoms with Crippen LogP contribution in [-0.2, 0) is 0 Å². The average molecular weight is 357 g/mol. The minimum Gasteiger partial charge on any atom is -0.413 e. The smallest absolute Gasteiger partial charge is 0.343 e. The van der Waals surface area contributed by atoms with Crippen LogP contribution in [-0.4, -0.2) is 15.4 Å². The van der Waals surface area contributed by atoms with Gasteiger partial charge >= 0.3 is 11.5 Å². The molecule has 0 aliphatic heterocycles. The molecule has 0 aliphatic carbocycles. The Morgan fingerprint density at radius 1 is 0.889 bits per heavy atom. The highest BCUT2D eigenvalue weighted by Gasteiger charge is 2.19. The molecule has 0 atom stereocenters. The van der Waals surface area contributed by atoms with E-state index in [0.29, 0.717) is 11.2 Å². The van der Waals surface area contributed by atoms with Crippen molar-refractivity contribution in [2.45, 2.75) is 0 Å². The van der Waals surface area contributed by atoms with E-state index >= 15 is 0 Å². The van der Waals surface area contributed by atoms with Crippen LogP contribution in [0.25, 0.3) is 5.65 Å². The average Bonchev–Trinajstić information content (AvgIpc) is 2.72. The molecule has 0 unspecified atom stereocenters. The maximum Gasteiger partial charge on any atom is 0.343 e. The van der Waals surface area contributed by atoms with Crippen molar-refractivity contribution < 1.29 is 9.53 Å². The number of hydrogen-bond acceptors (Lipinski definition) is 5. The van der Waals surface area contributed by atoms with Crippen molar-refractivity contribution in [3.8, 4) is 5.75 Å². The Bertz CT molecular complexity index is 1160. The van der Waals surface area contributed by atoms with Crippen molar-refractivity contribution in [2.75, 3.05) is 5.32 Å². The maximum atomic E-state index is 12.9. The number of hydrogen-bond donors (Lipinski definition) is 1. The Balaban J connectivity index is 1.81. The van der Waals surface area contributed by atoms with Gasteiger partial charge in [-0.25, -0.2) is 9.78 Å². The van der Waals surface area contributed by atoms with Crippen LogP contribution < -0.4 is 15.6 Å². The number of pyridine rings is 1. The highest BCUT2D eigenvalue weighted by atomic mass is 16.5. The number of anilines is 2. The van der Waals surface area contributed by atoms with E-state index in [-0.39, 0.29) is 11.6 Å². The highest BCUT2D eigenvalue weighted by Crippen LogP contribution is 2.23. The summed E-state index contributed by atoms with van der Waals surface area (Å²) in [4.78, 5) is 29.8. The van der Waals surface area contributed by atoms with Gasteiger partial charge in [0, 0.05) is 11.9 Å². The van der Waals surface area contributed by atoms with E-state index in [1.54, 1.807) is 54.7 Å². The monoisotopic (exact) mass is 357 g/mol. The fourth-order valence-electron chi connectivity index (χ4n) is 2.63. The van der Waals surface area contributed by atoms with Crippen LogP contribution >= 0.6 is 0 Å². The number of ether oxygens (including phenoxy) is 1. The van der Waals surface area contributed by atoms with E-state index in [1.165, 1.54) is 4.40 Å². The fourth-order valence-corrected chi connectivity index (χ4v) is 2.63. The molecular formula is C21H15N3O3. The summed E-state index contributed by atoms with van der Waals surface area (Å²) in [5.74, 6) is -0.598. The van der Waals surface area contributed by atoms with Gasteiger partial charge in [0.2, 0.25) is 5.75 Å². The molecule has 0 bridgehead atoms. The van der Waals surface area contributed by atoms with Gasteiger partial charge in [-0.2, -0.15) is 0 Å².